The number of rotatable bonds is 0. The van der Waals surface area contributed by atoms with E-state index in [0.29, 0.717) is 11.7 Å². The standard InChI is InChI=1S/C14H16O2/c15-11-4-3-9-8-10-2-1-6-14(10)7-5-12(16-14)13(9)11/h5,7-8,10,12-13H,1-4,6H2/t10-,12+,13-,14-/m0/s1. The molecular formula is C14H16O2. The van der Waals surface area contributed by atoms with E-state index in [9.17, 15) is 4.79 Å². The van der Waals surface area contributed by atoms with Gasteiger partial charge in [-0.05, 0) is 25.7 Å². The number of carbonyl (C=O) groups excluding carboxylic acids is 1. The second-order valence-electron chi connectivity index (χ2n) is 5.58. The minimum atomic E-state index is -0.0394. The fourth-order valence-electron chi connectivity index (χ4n) is 4.00. The van der Waals surface area contributed by atoms with Crippen LogP contribution in [0, 0.1) is 11.8 Å². The summed E-state index contributed by atoms with van der Waals surface area (Å²) in [6, 6.07) is 0. The van der Waals surface area contributed by atoms with Gasteiger partial charge in [-0.25, -0.2) is 0 Å². The Labute approximate surface area is 95.4 Å². The van der Waals surface area contributed by atoms with Gasteiger partial charge in [0.25, 0.3) is 0 Å². The van der Waals surface area contributed by atoms with Gasteiger partial charge in [-0.1, -0.05) is 23.8 Å². The van der Waals surface area contributed by atoms with Crippen molar-refractivity contribution in [1.29, 1.82) is 0 Å². The minimum absolute atomic E-state index is 0.0394. The molecule has 0 amide bonds. The summed E-state index contributed by atoms with van der Waals surface area (Å²) in [7, 11) is 0. The molecule has 1 spiro atoms. The lowest BCUT2D eigenvalue weighted by Gasteiger charge is -2.28. The molecule has 0 aromatic heterocycles. The molecule has 4 rings (SSSR count). The first-order valence-corrected chi connectivity index (χ1v) is 6.39. The Hall–Kier alpha value is -0.890. The van der Waals surface area contributed by atoms with Gasteiger partial charge >= 0.3 is 0 Å². The second kappa shape index (κ2) is 2.86. The molecule has 0 unspecified atom stereocenters. The largest absolute Gasteiger partial charge is 0.362 e. The lowest BCUT2D eigenvalue weighted by atomic mass is 9.86. The summed E-state index contributed by atoms with van der Waals surface area (Å²) >= 11 is 0. The van der Waals surface area contributed by atoms with Crippen molar-refractivity contribution in [3.63, 3.8) is 0 Å². The van der Waals surface area contributed by atoms with Crippen LogP contribution in [0.1, 0.15) is 32.1 Å². The molecule has 4 aliphatic rings. The maximum absolute atomic E-state index is 11.9. The van der Waals surface area contributed by atoms with E-state index in [1.165, 1.54) is 18.4 Å². The Morgan fingerprint density at radius 2 is 2.31 bits per heavy atom. The van der Waals surface area contributed by atoms with Crippen LogP contribution >= 0.6 is 0 Å². The van der Waals surface area contributed by atoms with Crippen LogP contribution in [0.25, 0.3) is 0 Å². The lowest BCUT2D eigenvalue weighted by molar-refractivity contribution is -0.125. The van der Waals surface area contributed by atoms with Crippen LogP contribution in [-0.4, -0.2) is 17.5 Å². The zero-order chi connectivity index (χ0) is 10.8. The molecule has 16 heavy (non-hydrogen) atoms. The molecular weight excluding hydrogens is 200 g/mol. The Balaban J connectivity index is 1.84. The predicted molar refractivity (Wildman–Crippen MR) is 59.9 cm³/mol. The molecule has 2 aliphatic carbocycles. The average Bonchev–Trinajstić information content (AvgIpc) is 2.90. The topological polar surface area (TPSA) is 26.3 Å². The SMILES string of the molecule is O=C1CCC2=C[C@@H]3CCC[C@]34C=C[C@@H](O4)[C@H]12. The van der Waals surface area contributed by atoms with Crippen LogP contribution in [-0.2, 0) is 9.53 Å². The summed E-state index contributed by atoms with van der Waals surface area (Å²) in [6.07, 6.45) is 12.1. The van der Waals surface area contributed by atoms with E-state index in [-0.39, 0.29) is 17.6 Å². The summed E-state index contributed by atoms with van der Waals surface area (Å²) in [5.74, 6) is 0.971. The highest BCUT2D eigenvalue weighted by molar-refractivity contribution is 5.88. The van der Waals surface area contributed by atoms with Crippen molar-refractivity contribution < 1.29 is 9.53 Å². The third-order valence-electron chi connectivity index (χ3n) is 4.78. The molecule has 2 heteroatoms. The average molecular weight is 216 g/mol. The summed E-state index contributed by atoms with van der Waals surface area (Å²) in [5.41, 5.74) is 1.33. The Morgan fingerprint density at radius 1 is 1.38 bits per heavy atom. The highest BCUT2D eigenvalue weighted by atomic mass is 16.5. The highest BCUT2D eigenvalue weighted by Crippen LogP contribution is 2.51. The number of ketones is 1. The maximum atomic E-state index is 11.9. The van der Waals surface area contributed by atoms with E-state index in [1.807, 2.05) is 0 Å². The van der Waals surface area contributed by atoms with Gasteiger partial charge in [0.05, 0.1) is 17.6 Å². The number of fused-ring (bicyclic) bond motifs is 3. The molecule has 0 aromatic carbocycles. The van der Waals surface area contributed by atoms with Crippen molar-refractivity contribution in [2.45, 2.75) is 43.8 Å². The molecule has 0 aromatic rings. The Bertz CT molecular complexity index is 420. The van der Waals surface area contributed by atoms with E-state index in [2.05, 4.69) is 18.2 Å². The first kappa shape index (κ1) is 9.17. The second-order valence-corrected chi connectivity index (χ2v) is 5.58. The van der Waals surface area contributed by atoms with E-state index in [1.54, 1.807) is 0 Å². The van der Waals surface area contributed by atoms with Crippen LogP contribution in [0.4, 0.5) is 0 Å². The molecule has 4 atom stereocenters. The van der Waals surface area contributed by atoms with Gasteiger partial charge in [0.1, 0.15) is 5.78 Å². The van der Waals surface area contributed by atoms with Gasteiger partial charge in [-0.2, -0.15) is 0 Å². The number of ether oxygens (including phenoxy) is 1. The minimum Gasteiger partial charge on any atom is -0.362 e. The van der Waals surface area contributed by atoms with E-state index in [0.717, 1.165) is 19.3 Å². The molecule has 0 N–H and O–H groups in total. The summed E-state index contributed by atoms with van der Waals surface area (Å²) in [5, 5.41) is 0. The van der Waals surface area contributed by atoms with Gasteiger partial charge < -0.3 is 4.74 Å². The van der Waals surface area contributed by atoms with E-state index >= 15 is 0 Å². The molecule has 0 saturated heterocycles. The van der Waals surface area contributed by atoms with Crippen molar-refractivity contribution in [1.82, 2.24) is 0 Å². The predicted octanol–water partition coefficient (Wildman–Crippen LogP) is 2.40. The highest BCUT2D eigenvalue weighted by Gasteiger charge is 2.51. The summed E-state index contributed by atoms with van der Waals surface area (Å²) in [6.45, 7) is 0. The van der Waals surface area contributed by atoms with Crippen molar-refractivity contribution in [2.24, 2.45) is 11.8 Å². The van der Waals surface area contributed by atoms with E-state index in [4.69, 9.17) is 4.74 Å². The normalized spacial score (nSPS) is 48.9. The lowest BCUT2D eigenvalue weighted by Crippen LogP contribution is -2.33. The molecule has 2 bridgehead atoms. The molecule has 2 saturated carbocycles. The Morgan fingerprint density at radius 3 is 3.25 bits per heavy atom. The number of Topliss-reactive ketones (excluding diaryl/α,β-unsaturated/α-hetero) is 1. The first-order valence-electron chi connectivity index (χ1n) is 6.39. The quantitative estimate of drug-likeness (QED) is 0.581. The molecule has 2 nitrogen and oxygen atoms in total. The molecule has 0 radical (unpaired) electrons. The van der Waals surface area contributed by atoms with Gasteiger partial charge in [0.15, 0.2) is 0 Å². The van der Waals surface area contributed by atoms with Gasteiger partial charge in [0.2, 0.25) is 0 Å². The number of hydrogen-bond acceptors (Lipinski definition) is 2. The van der Waals surface area contributed by atoms with Gasteiger partial charge in [-0.3, -0.25) is 4.79 Å². The van der Waals surface area contributed by atoms with Crippen molar-refractivity contribution in [3.05, 3.63) is 23.8 Å². The zero-order valence-electron chi connectivity index (χ0n) is 9.32. The van der Waals surface area contributed by atoms with Crippen LogP contribution in [0.5, 0.6) is 0 Å². The zero-order valence-corrected chi connectivity index (χ0v) is 9.32. The van der Waals surface area contributed by atoms with Crippen LogP contribution in [0.2, 0.25) is 0 Å². The number of hydrogen-bond donors (Lipinski definition) is 0. The van der Waals surface area contributed by atoms with Crippen LogP contribution in [0.15, 0.2) is 23.8 Å². The van der Waals surface area contributed by atoms with Crippen molar-refractivity contribution in [3.8, 4) is 0 Å². The fourth-order valence-corrected chi connectivity index (χ4v) is 4.00. The van der Waals surface area contributed by atoms with Crippen molar-refractivity contribution >= 4 is 5.78 Å². The van der Waals surface area contributed by atoms with Gasteiger partial charge in [-0.15, -0.1) is 0 Å². The third-order valence-corrected chi connectivity index (χ3v) is 4.78. The van der Waals surface area contributed by atoms with Crippen LogP contribution in [0.3, 0.4) is 0 Å². The first-order chi connectivity index (χ1) is 7.78. The molecule has 2 fully saturated rings. The Kier molecular flexibility index (Phi) is 1.64. The monoisotopic (exact) mass is 216 g/mol. The van der Waals surface area contributed by atoms with E-state index < -0.39 is 0 Å². The summed E-state index contributed by atoms with van der Waals surface area (Å²) < 4.78 is 6.23. The fraction of sp³-hybridized carbons (Fsp3) is 0.643. The van der Waals surface area contributed by atoms with Crippen molar-refractivity contribution in [2.75, 3.05) is 0 Å². The third kappa shape index (κ3) is 0.988. The molecule has 2 heterocycles. The summed E-state index contributed by atoms with van der Waals surface area (Å²) in [4.78, 5) is 11.9. The van der Waals surface area contributed by atoms with Gasteiger partial charge in [0, 0.05) is 12.3 Å². The smallest absolute Gasteiger partial charge is 0.143 e. The molecule has 2 aliphatic heterocycles. The maximum Gasteiger partial charge on any atom is 0.143 e. The van der Waals surface area contributed by atoms with Crippen LogP contribution < -0.4 is 0 Å². The molecule has 84 valence electrons. The number of carbonyl (C=O) groups is 1.